The van der Waals surface area contributed by atoms with E-state index in [9.17, 15) is 4.79 Å². The molecule has 0 saturated carbocycles. The van der Waals surface area contributed by atoms with Gasteiger partial charge in [0.15, 0.2) is 0 Å². The third-order valence-corrected chi connectivity index (χ3v) is 2.62. The highest BCUT2D eigenvalue weighted by atomic mass is 16.2. The Balaban J connectivity index is 3.42. The quantitative estimate of drug-likeness (QED) is 0.581. The lowest BCUT2D eigenvalue weighted by Gasteiger charge is -2.08. The molecule has 0 heterocycles. The molecule has 0 fully saturated rings. The van der Waals surface area contributed by atoms with Crippen LogP contribution in [0.25, 0.3) is 0 Å². The van der Waals surface area contributed by atoms with Gasteiger partial charge in [-0.25, -0.2) is 0 Å². The molecule has 0 aliphatic rings. The molecular weight excluding hydrogens is 176 g/mol. The van der Waals surface area contributed by atoms with Crippen molar-refractivity contribution < 1.29 is 9.90 Å². The predicted molar refractivity (Wildman–Crippen MR) is 59.2 cm³/mol. The summed E-state index contributed by atoms with van der Waals surface area (Å²) in [6.45, 7) is 4.43. The molecule has 0 aliphatic carbocycles. The molecule has 1 atom stereocenters. The largest absolute Gasteiger partial charge is 0.396 e. The summed E-state index contributed by atoms with van der Waals surface area (Å²) in [5, 5.41) is 8.57. The lowest BCUT2D eigenvalue weighted by Crippen LogP contribution is -2.10. The molecule has 0 aliphatic heterocycles. The first-order valence-corrected chi connectivity index (χ1v) is 5.86. The summed E-state index contributed by atoms with van der Waals surface area (Å²) in [5.74, 6) is 0.639. The van der Waals surface area contributed by atoms with Crippen molar-refractivity contribution in [2.24, 2.45) is 5.92 Å². The Kier molecular flexibility index (Phi) is 8.95. The number of aliphatic hydroxyl groups excluding tert-OH is 1. The van der Waals surface area contributed by atoms with Crippen molar-refractivity contribution in [3.8, 4) is 0 Å². The van der Waals surface area contributed by atoms with Gasteiger partial charge in [-0.1, -0.05) is 33.1 Å². The maximum atomic E-state index is 11.5. The second-order valence-corrected chi connectivity index (χ2v) is 4.04. The maximum absolute atomic E-state index is 11.5. The molecule has 0 amide bonds. The molecule has 0 bridgehead atoms. The number of ketones is 1. The Bertz CT molecular complexity index is 143. The topological polar surface area (TPSA) is 37.3 Å². The van der Waals surface area contributed by atoms with Crippen LogP contribution in [0.4, 0.5) is 0 Å². The van der Waals surface area contributed by atoms with E-state index in [-0.39, 0.29) is 12.5 Å². The molecule has 14 heavy (non-hydrogen) atoms. The average Bonchev–Trinajstić information content (AvgIpc) is 2.20. The Hall–Kier alpha value is -0.370. The minimum atomic E-state index is 0.240. The maximum Gasteiger partial charge on any atom is 0.135 e. The molecule has 1 unspecified atom stereocenters. The first-order valence-electron chi connectivity index (χ1n) is 5.86. The third kappa shape index (κ3) is 7.07. The van der Waals surface area contributed by atoms with E-state index in [4.69, 9.17) is 5.11 Å². The molecule has 2 heteroatoms. The predicted octanol–water partition coefficient (Wildman–Crippen LogP) is 2.93. The van der Waals surface area contributed by atoms with E-state index in [1.54, 1.807) is 0 Å². The van der Waals surface area contributed by atoms with E-state index in [1.807, 2.05) is 6.92 Å². The first-order chi connectivity index (χ1) is 6.72. The Morgan fingerprint density at radius 3 is 2.50 bits per heavy atom. The fourth-order valence-corrected chi connectivity index (χ4v) is 1.51. The Morgan fingerprint density at radius 1 is 1.21 bits per heavy atom. The van der Waals surface area contributed by atoms with Gasteiger partial charge in [-0.05, 0) is 19.3 Å². The van der Waals surface area contributed by atoms with Crippen molar-refractivity contribution >= 4 is 5.78 Å². The van der Waals surface area contributed by atoms with Crippen LogP contribution in [-0.2, 0) is 4.79 Å². The van der Waals surface area contributed by atoms with E-state index in [2.05, 4.69) is 6.92 Å². The van der Waals surface area contributed by atoms with Crippen molar-refractivity contribution in [1.82, 2.24) is 0 Å². The summed E-state index contributed by atoms with van der Waals surface area (Å²) in [6, 6.07) is 0. The van der Waals surface area contributed by atoms with E-state index in [1.165, 1.54) is 6.42 Å². The summed E-state index contributed by atoms with van der Waals surface area (Å²) in [6.07, 6.45) is 6.81. The molecule has 0 aromatic rings. The van der Waals surface area contributed by atoms with Crippen LogP contribution in [0.1, 0.15) is 58.8 Å². The van der Waals surface area contributed by atoms with E-state index in [0.717, 1.165) is 32.1 Å². The van der Waals surface area contributed by atoms with Gasteiger partial charge < -0.3 is 5.11 Å². The fraction of sp³-hybridized carbons (Fsp3) is 0.917. The summed E-state index contributed by atoms with van der Waals surface area (Å²) in [5.41, 5.74) is 0. The molecule has 2 nitrogen and oxygen atoms in total. The second kappa shape index (κ2) is 9.20. The number of hydrogen-bond donors (Lipinski definition) is 1. The molecule has 0 aromatic carbocycles. The summed E-state index contributed by atoms with van der Waals surface area (Å²) in [7, 11) is 0. The van der Waals surface area contributed by atoms with Gasteiger partial charge in [-0.15, -0.1) is 0 Å². The van der Waals surface area contributed by atoms with Gasteiger partial charge in [-0.2, -0.15) is 0 Å². The first kappa shape index (κ1) is 13.6. The minimum absolute atomic E-state index is 0.240. The number of carbonyl (C=O) groups is 1. The van der Waals surface area contributed by atoms with Crippen LogP contribution in [0.2, 0.25) is 0 Å². The average molecular weight is 200 g/mol. The van der Waals surface area contributed by atoms with E-state index >= 15 is 0 Å². The van der Waals surface area contributed by atoms with Gasteiger partial charge in [0, 0.05) is 18.9 Å². The number of aliphatic hydroxyl groups is 1. The highest BCUT2D eigenvalue weighted by molar-refractivity contribution is 5.80. The number of unbranched alkanes of at least 4 members (excludes halogenated alkanes) is 3. The molecule has 0 spiro atoms. The zero-order chi connectivity index (χ0) is 10.8. The zero-order valence-electron chi connectivity index (χ0n) is 9.59. The normalized spacial score (nSPS) is 12.8. The van der Waals surface area contributed by atoms with Crippen molar-refractivity contribution in [3.05, 3.63) is 0 Å². The molecule has 0 saturated heterocycles. The SMILES string of the molecule is CCCCC(C)C(=O)CCCCCO. The van der Waals surface area contributed by atoms with Crippen LogP contribution >= 0.6 is 0 Å². The van der Waals surface area contributed by atoms with E-state index < -0.39 is 0 Å². The summed E-state index contributed by atoms with van der Waals surface area (Å²) in [4.78, 5) is 11.5. The fourth-order valence-electron chi connectivity index (χ4n) is 1.51. The summed E-state index contributed by atoms with van der Waals surface area (Å²) < 4.78 is 0. The molecule has 0 radical (unpaired) electrons. The van der Waals surface area contributed by atoms with E-state index in [0.29, 0.717) is 12.2 Å². The molecular formula is C12H24O2. The van der Waals surface area contributed by atoms with Crippen molar-refractivity contribution in [2.75, 3.05) is 6.61 Å². The Labute approximate surface area is 87.7 Å². The zero-order valence-corrected chi connectivity index (χ0v) is 9.59. The molecule has 0 aromatic heterocycles. The number of carbonyl (C=O) groups excluding carboxylic acids is 1. The lowest BCUT2D eigenvalue weighted by molar-refractivity contribution is -0.122. The van der Waals surface area contributed by atoms with Crippen LogP contribution in [-0.4, -0.2) is 17.5 Å². The number of rotatable bonds is 9. The standard InChI is InChI=1S/C12H24O2/c1-3-4-8-11(2)12(14)9-6-5-7-10-13/h11,13H,3-10H2,1-2H3. The van der Waals surface area contributed by atoms with Gasteiger partial charge in [0.2, 0.25) is 0 Å². The van der Waals surface area contributed by atoms with Gasteiger partial charge in [0.25, 0.3) is 0 Å². The van der Waals surface area contributed by atoms with Crippen LogP contribution in [0.15, 0.2) is 0 Å². The molecule has 0 rings (SSSR count). The number of Topliss-reactive ketones (excluding diaryl/α,β-unsaturated/α-hetero) is 1. The number of hydrogen-bond acceptors (Lipinski definition) is 2. The van der Waals surface area contributed by atoms with Gasteiger partial charge in [-0.3, -0.25) is 4.79 Å². The highest BCUT2D eigenvalue weighted by Crippen LogP contribution is 2.12. The van der Waals surface area contributed by atoms with Gasteiger partial charge in [0.1, 0.15) is 5.78 Å². The lowest BCUT2D eigenvalue weighted by atomic mass is 9.96. The highest BCUT2D eigenvalue weighted by Gasteiger charge is 2.11. The van der Waals surface area contributed by atoms with Crippen LogP contribution in [0.3, 0.4) is 0 Å². The van der Waals surface area contributed by atoms with Crippen molar-refractivity contribution in [1.29, 1.82) is 0 Å². The molecule has 1 N–H and O–H groups in total. The minimum Gasteiger partial charge on any atom is -0.396 e. The Morgan fingerprint density at radius 2 is 1.93 bits per heavy atom. The monoisotopic (exact) mass is 200 g/mol. The summed E-state index contributed by atoms with van der Waals surface area (Å²) >= 11 is 0. The second-order valence-electron chi connectivity index (χ2n) is 4.04. The van der Waals surface area contributed by atoms with Crippen LogP contribution in [0, 0.1) is 5.92 Å². The van der Waals surface area contributed by atoms with Crippen LogP contribution < -0.4 is 0 Å². The van der Waals surface area contributed by atoms with Crippen LogP contribution in [0.5, 0.6) is 0 Å². The molecule has 84 valence electrons. The van der Waals surface area contributed by atoms with Crippen molar-refractivity contribution in [2.45, 2.75) is 58.8 Å². The van der Waals surface area contributed by atoms with Gasteiger partial charge in [0.05, 0.1) is 0 Å². The van der Waals surface area contributed by atoms with Gasteiger partial charge >= 0.3 is 0 Å². The van der Waals surface area contributed by atoms with Crippen molar-refractivity contribution in [3.63, 3.8) is 0 Å². The third-order valence-electron chi connectivity index (χ3n) is 2.62. The smallest absolute Gasteiger partial charge is 0.135 e.